The zero-order chi connectivity index (χ0) is 21.8. The second kappa shape index (κ2) is 9.46. The first-order chi connectivity index (χ1) is 15.0. The Hall–Kier alpha value is -2.95. The third kappa shape index (κ3) is 4.87. The van der Waals surface area contributed by atoms with Crippen LogP contribution in [0.1, 0.15) is 50.7 Å². The van der Waals surface area contributed by atoms with Crippen molar-refractivity contribution in [3.8, 4) is 11.5 Å². The largest absolute Gasteiger partial charge is 0.486 e. The van der Waals surface area contributed by atoms with Gasteiger partial charge >= 0.3 is 0 Å². The van der Waals surface area contributed by atoms with Crippen molar-refractivity contribution in [1.82, 2.24) is 10.3 Å². The molecule has 5 heteroatoms. The van der Waals surface area contributed by atoms with Crippen molar-refractivity contribution in [3.63, 3.8) is 0 Å². The lowest BCUT2D eigenvalue weighted by molar-refractivity contribution is -0.122. The predicted octanol–water partition coefficient (Wildman–Crippen LogP) is 5.21. The van der Waals surface area contributed by atoms with Gasteiger partial charge < -0.3 is 19.8 Å². The molecule has 4 rings (SSSR count). The highest BCUT2D eigenvalue weighted by molar-refractivity contribution is 5.87. The van der Waals surface area contributed by atoms with Crippen molar-refractivity contribution in [2.24, 2.45) is 5.92 Å². The van der Waals surface area contributed by atoms with Gasteiger partial charge in [-0.2, -0.15) is 0 Å². The number of ether oxygens (including phenoxy) is 2. The van der Waals surface area contributed by atoms with E-state index in [0.29, 0.717) is 25.5 Å². The summed E-state index contributed by atoms with van der Waals surface area (Å²) in [4.78, 5) is 16.3. The normalized spacial score (nSPS) is 16.5. The average Bonchev–Trinajstić information content (AvgIpc) is 3.21. The SMILES string of the molecule is CCc1cccc2c([C@H](CC(=O)NC[C@@H]3COc4ccccc4O3)CC(C)C)c[nH]c12. The average molecular weight is 421 g/mol. The van der Waals surface area contributed by atoms with E-state index < -0.39 is 0 Å². The van der Waals surface area contributed by atoms with E-state index in [1.807, 2.05) is 24.3 Å². The second-order valence-corrected chi connectivity index (χ2v) is 8.77. The molecule has 164 valence electrons. The monoisotopic (exact) mass is 420 g/mol. The van der Waals surface area contributed by atoms with Crippen molar-refractivity contribution in [1.29, 1.82) is 0 Å². The first-order valence-corrected chi connectivity index (χ1v) is 11.3. The third-order valence-electron chi connectivity index (χ3n) is 5.94. The molecule has 0 aliphatic carbocycles. The minimum absolute atomic E-state index is 0.0501. The Kier molecular flexibility index (Phi) is 6.50. The van der Waals surface area contributed by atoms with Gasteiger partial charge in [0.25, 0.3) is 0 Å². The van der Waals surface area contributed by atoms with E-state index in [1.54, 1.807) is 0 Å². The fourth-order valence-corrected chi connectivity index (χ4v) is 4.45. The van der Waals surface area contributed by atoms with Gasteiger partial charge in [0.2, 0.25) is 5.91 Å². The number of carbonyl (C=O) groups excluding carboxylic acids is 1. The fraction of sp³-hybridized carbons (Fsp3) is 0.423. The summed E-state index contributed by atoms with van der Waals surface area (Å²) in [6, 6.07) is 14.1. The van der Waals surface area contributed by atoms with Crippen molar-refractivity contribution in [2.45, 2.75) is 52.1 Å². The van der Waals surface area contributed by atoms with Crippen LogP contribution in [-0.2, 0) is 11.2 Å². The molecule has 0 spiro atoms. The Morgan fingerprint density at radius 2 is 1.97 bits per heavy atom. The van der Waals surface area contributed by atoms with Gasteiger partial charge in [-0.1, -0.05) is 51.1 Å². The summed E-state index contributed by atoms with van der Waals surface area (Å²) < 4.78 is 11.7. The highest BCUT2D eigenvalue weighted by Crippen LogP contribution is 2.34. The summed E-state index contributed by atoms with van der Waals surface area (Å²) in [5, 5.41) is 4.30. The molecule has 1 aliphatic rings. The van der Waals surface area contributed by atoms with Gasteiger partial charge in [0.05, 0.1) is 6.54 Å². The minimum Gasteiger partial charge on any atom is -0.486 e. The molecule has 2 aromatic carbocycles. The van der Waals surface area contributed by atoms with Crippen LogP contribution in [-0.4, -0.2) is 30.1 Å². The topological polar surface area (TPSA) is 63.4 Å². The lowest BCUT2D eigenvalue weighted by Crippen LogP contribution is -2.41. The number of aryl methyl sites for hydroxylation is 1. The Balaban J connectivity index is 1.42. The molecule has 1 aromatic heterocycles. The third-order valence-corrected chi connectivity index (χ3v) is 5.94. The quantitative estimate of drug-likeness (QED) is 0.526. The van der Waals surface area contributed by atoms with Gasteiger partial charge in [0.1, 0.15) is 12.7 Å². The molecule has 0 fully saturated rings. The lowest BCUT2D eigenvalue weighted by Gasteiger charge is -2.27. The molecule has 0 radical (unpaired) electrons. The highest BCUT2D eigenvalue weighted by Gasteiger charge is 2.24. The molecule has 1 amide bonds. The van der Waals surface area contributed by atoms with Gasteiger partial charge in [-0.15, -0.1) is 0 Å². The van der Waals surface area contributed by atoms with Crippen molar-refractivity contribution < 1.29 is 14.3 Å². The molecule has 0 unspecified atom stereocenters. The van der Waals surface area contributed by atoms with Crippen LogP contribution in [0.15, 0.2) is 48.7 Å². The molecular formula is C26H32N2O3. The molecule has 31 heavy (non-hydrogen) atoms. The zero-order valence-electron chi connectivity index (χ0n) is 18.6. The number of nitrogens with one attached hydrogen (secondary N) is 2. The van der Waals surface area contributed by atoms with E-state index in [1.165, 1.54) is 22.0 Å². The van der Waals surface area contributed by atoms with Crippen LogP contribution >= 0.6 is 0 Å². The zero-order valence-corrected chi connectivity index (χ0v) is 18.6. The lowest BCUT2D eigenvalue weighted by atomic mass is 9.87. The number of para-hydroxylation sites is 3. The number of carbonyl (C=O) groups is 1. The number of H-pyrrole nitrogens is 1. The van der Waals surface area contributed by atoms with Gasteiger partial charge in [0.15, 0.2) is 11.5 Å². The number of aromatic nitrogens is 1. The molecule has 0 saturated heterocycles. The Labute approximate surface area is 184 Å². The molecule has 1 aliphatic heterocycles. The van der Waals surface area contributed by atoms with Gasteiger partial charge in [0, 0.05) is 23.5 Å². The summed E-state index contributed by atoms with van der Waals surface area (Å²) >= 11 is 0. The standard InChI is InChI=1S/C26H32N2O3/c1-4-18-8-7-9-21-22(15-28-26(18)21)19(12-17(2)3)13-25(29)27-14-20-16-30-23-10-5-6-11-24(23)31-20/h5-11,15,17,19-20,28H,4,12-14,16H2,1-3H3,(H,27,29)/t19-,20+/m0/s1. The maximum Gasteiger partial charge on any atom is 0.220 e. The van der Waals surface area contributed by atoms with Gasteiger partial charge in [-0.25, -0.2) is 0 Å². The molecular weight excluding hydrogens is 388 g/mol. The van der Waals surface area contributed by atoms with Crippen LogP contribution in [0.2, 0.25) is 0 Å². The molecule has 0 bridgehead atoms. The number of rotatable bonds is 8. The Morgan fingerprint density at radius 1 is 1.16 bits per heavy atom. The second-order valence-electron chi connectivity index (χ2n) is 8.77. The number of hydrogen-bond acceptors (Lipinski definition) is 3. The summed E-state index contributed by atoms with van der Waals surface area (Å²) in [5.74, 6) is 2.21. The summed E-state index contributed by atoms with van der Waals surface area (Å²) in [6.45, 7) is 7.47. The number of fused-ring (bicyclic) bond motifs is 2. The maximum absolute atomic E-state index is 12.9. The summed E-state index contributed by atoms with van der Waals surface area (Å²) in [7, 11) is 0. The first kappa shape index (κ1) is 21.3. The summed E-state index contributed by atoms with van der Waals surface area (Å²) in [6.07, 6.45) is 4.33. The number of hydrogen-bond donors (Lipinski definition) is 2. The van der Waals surface area contributed by atoms with E-state index in [-0.39, 0.29) is 17.9 Å². The number of aromatic amines is 1. The van der Waals surface area contributed by atoms with Crippen LogP contribution in [0.4, 0.5) is 0 Å². The maximum atomic E-state index is 12.9. The van der Waals surface area contributed by atoms with Crippen LogP contribution in [0.3, 0.4) is 0 Å². The number of amides is 1. The van der Waals surface area contributed by atoms with E-state index in [0.717, 1.165) is 24.3 Å². The van der Waals surface area contributed by atoms with Gasteiger partial charge in [-0.3, -0.25) is 4.79 Å². The predicted molar refractivity (Wildman–Crippen MR) is 124 cm³/mol. The van der Waals surface area contributed by atoms with E-state index in [4.69, 9.17) is 9.47 Å². The first-order valence-electron chi connectivity index (χ1n) is 11.3. The van der Waals surface area contributed by atoms with Crippen LogP contribution in [0.25, 0.3) is 10.9 Å². The Morgan fingerprint density at radius 3 is 2.74 bits per heavy atom. The molecule has 3 aromatic rings. The van der Waals surface area contributed by atoms with E-state index in [2.05, 4.69) is 55.5 Å². The van der Waals surface area contributed by atoms with Crippen molar-refractivity contribution in [2.75, 3.05) is 13.2 Å². The highest BCUT2D eigenvalue weighted by atomic mass is 16.6. The molecule has 2 atom stereocenters. The van der Waals surface area contributed by atoms with Crippen molar-refractivity contribution >= 4 is 16.8 Å². The minimum atomic E-state index is -0.178. The molecule has 5 nitrogen and oxygen atoms in total. The van der Waals surface area contributed by atoms with Crippen LogP contribution < -0.4 is 14.8 Å². The fourth-order valence-electron chi connectivity index (χ4n) is 4.45. The Bertz CT molecular complexity index is 1040. The number of benzene rings is 2. The molecule has 0 saturated carbocycles. The van der Waals surface area contributed by atoms with Gasteiger partial charge in [-0.05, 0) is 47.9 Å². The van der Waals surface area contributed by atoms with Crippen LogP contribution in [0, 0.1) is 5.92 Å². The van der Waals surface area contributed by atoms with Crippen LogP contribution in [0.5, 0.6) is 11.5 Å². The summed E-state index contributed by atoms with van der Waals surface area (Å²) in [5.41, 5.74) is 3.74. The molecule has 2 N–H and O–H groups in total. The smallest absolute Gasteiger partial charge is 0.220 e. The molecule has 2 heterocycles. The van der Waals surface area contributed by atoms with Crippen molar-refractivity contribution in [3.05, 3.63) is 59.8 Å². The van der Waals surface area contributed by atoms with E-state index in [9.17, 15) is 4.79 Å². The van der Waals surface area contributed by atoms with E-state index >= 15 is 0 Å².